The van der Waals surface area contributed by atoms with Crippen LogP contribution in [0.2, 0.25) is 0 Å². The Morgan fingerprint density at radius 1 is 0.733 bits per heavy atom. The third-order valence-corrected chi connectivity index (χ3v) is 3.73. The average Bonchev–Trinajstić information content (AvgIpc) is 3.08. The summed E-state index contributed by atoms with van der Waals surface area (Å²) in [6.07, 6.45) is 3.28. The Morgan fingerprint density at radius 3 is 1.43 bits per heavy atom. The molecule has 0 saturated carbocycles. The Bertz CT molecular complexity index is 953. The van der Waals surface area contributed by atoms with Gasteiger partial charge in [0, 0.05) is 11.0 Å². The quantitative estimate of drug-likeness (QED) is 0.179. The summed E-state index contributed by atoms with van der Waals surface area (Å²) in [5, 5.41) is 5.39. The van der Waals surface area contributed by atoms with Crippen molar-refractivity contribution in [2.75, 3.05) is 0 Å². The molecule has 4 aromatic rings. The van der Waals surface area contributed by atoms with Crippen LogP contribution in [0.1, 0.15) is 10.4 Å². The van der Waals surface area contributed by atoms with E-state index in [1.54, 1.807) is 36.4 Å². The zero-order valence-electron chi connectivity index (χ0n) is 17.6. The van der Waals surface area contributed by atoms with E-state index in [0.717, 1.165) is 0 Å². The van der Waals surface area contributed by atoms with Gasteiger partial charge < -0.3 is 25.4 Å². The molecule has 0 atom stereocenters. The van der Waals surface area contributed by atoms with Crippen molar-refractivity contribution in [1.29, 1.82) is 0 Å². The summed E-state index contributed by atoms with van der Waals surface area (Å²) in [6, 6.07) is 27.8. The standard InChI is InChI=1S/C13H9.C7H7NO.C4H6.2CH3.Si.Ti/c1-3-7-12-10(5-1)9-11-6-2-4-8-13(11)12;8-7(9)6-4-2-1-3-5-6;1-3-4-2;;;;/h1-9H;1-5H,(H2,8,9);3-4H,1-2H2;2*1H3;;/q-1;;;2*-1;;+4/p-1. The van der Waals surface area contributed by atoms with E-state index in [9.17, 15) is 4.79 Å². The number of rotatable bonds is 2. The first-order chi connectivity index (χ1) is 12.7. The van der Waals surface area contributed by atoms with Gasteiger partial charge in [-0.1, -0.05) is 92.0 Å². The van der Waals surface area contributed by atoms with E-state index >= 15 is 0 Å². The van der Waals surface area contributed by atoms with Gasteiger partial charge in [0.15, 0.2) is 0 Å². The Morgan fingerprint density at radius 2 is 1.10 bits per heavy atom. The van der Waals surface area contributed by atoms with Crippen LogP contribution < -0.4 is 0 Å². The molecule has 2 nitrogen and oxygen atoms in total. The molecule has 30 heavy (non-hydrogen) atoms. The SMILES string of the molecule is C=CC=C.[CH3-].[CH3-].[NH-]C(=O)c1ccccc1.[Si].[Ti+4].c1ccc2c(c1)[cH-]c1ccccc12. The second-order valence-corrected chi connectivity index (χ2v) is 5.49. The van der Waals surface area contributed by atoms with Crippen LogP contribution in [0.25, 0.3) is 27.3 Å². The number of carbonyl (C=O) groups is 1. The zero-order chi connectivity index (χ0) is 18.8. The molecule has 0 saturated heterocycles. The second-order valence-electron chi connectivity index (χ2n) is 5.49. The molecule has 1 N–H and O–H groups in total. The average molecular weight is 445 g/mol. The molecule has 4 heteroatoms. The predicted octanol–water partition coefficient (Wildman–Crippen LogP) is 7.47. The fourth-order valence-electron chi connectivity index (χ4n) is 2.49. The molecule has 0 fully saturated rings. The van der Waals surface area contributed by atoms with Crippen molar-refractivity contribution >= 4 is 38.4 Å². The van der Waals surface area contributed by atoms with Gasteiger partial charge in [0.25, 0.3) is 0 Å². The monoisotopic (exact) mass is 445 g/mol. The molecule has 4 radical (unpaired) electrons. The van der Waals surface area contributed by atoms with Gasteiger partial charge in [-0.2, -0.15) is 0 Å². The van der Waals surface area contributed by atoms with Crippen LogP contribution in [0, 0.1) is 14.9 Å². The van der Waals surface area contributed by atoms with E-state index < -0.39 is 5.91 Å². The van der Waals surface area contributed by atoms with E-state index in [-0.39, 0.29) is 47.5 Å². The van der Waals surface area contributed by atoms with Crippen LogP contribution >= 0.6 is 0 Å². The van der Waals surface area contributed by atoms with Crippen molar-refractivity contribution in [2.24, 2.45) is 0 Å². The third-order valence-electron chi connectivity index (χ3n) is 3.73. The first kappa shape index (κ1) is 32.1. The van der Waals surface area contributed by atoms with Gasteiger partial charge in [0.05, 0.1) is 5.91 Å². The van der Waals surface area contributed by atoms with Crippen molar-refractivity contribution in [2.45, 2.75) is 0 Å². The van der Waals surface area contributed by atoms with Gasteiger partial charge >= 0.3 is 21.7 Å². The van der Waals surface area contributed by atoms with Crippen molar-refractivity contribution < 1.29 is 26.5 Å². The normalized spacial score (nSPS) is 8.13. The molecular formula is C26H27NOSiTi. The Labute approximate surface area is 200 Å². The molecular weight excluding hydrogens is 418 g/mol. The molecule has 4 aromatic carbocycles. The summed E-state index contributed by atoms with van der Waals surface area (Å²) in [4.78, 5) is 10.3. The third kappa shape index (κ3) is 9.27. The van der Waals surface area contributed by atoms with Gasteiger partial charge in [0.2, 0.25) is 0 Å². The maximum Gasteiger partial charge on any atom is 4.00 e. The van der Waals surface area contributed by atoms with Crippen LogP contribution in [-0.2, 0) is 21.7 Å². The van der Waals surface area contributed by atoms with Gasteiger partial charge in [-0.25, -0.2) is 0 Å². The fourth-order valence-corrected chi connectivity index (χ4v) is 2.49. The zero-order valence-corrected chi connectivity index (χ0v) is 20.1. The van der Waals surface area contributed by atoms with E-state index in [1.165, 1.54) is 21.5 Å². The number of hydrogen-bond donors (Lipinski definition) is 0. The number of allylic oxidation sites excluding steroid dienone is 2. The Kier molecular flexibility index (Phi) is 18.5. The summed E-state index contributed by atoms with van der Waals surface area (Å²) in [5.41, 5.74) is 7.12. The van der Waals surface area contributed by atoms with Crippen molar-refractivity contribution in [3.63, 3.8) is 0 Å². The van der Waals surface area contributed by atoms with Gasteiger partial charge in [-0.3, -0.25) is 0 Å². The molecule has 0 bridgehead atoms. The molecule has 0 aromatic heterocycles. The molecule has 0 heterocycles. The Balaban J connectivity index is -0.000000385. The topological polar surface area (TPSA) is 40.9 Å². The summed E-state index contributed by atoms with van der Waals surface area (Å²) in [5.74, 6) is -0.629. The molecule has 0 aliphatic carbocycles. The van der Waals surface area contributed by atoms with Gasteiger partial charge in [0.1, 0.15) is 0 Å². The maximum atomic E-state index is 10.3. The molecule has 150 valence electrons. The minimum atomic E-state index is -0.629. The fraction of sp³-hybridized carbons (Fsp3) is 0. The number of benzene rings is 3. The molecule has 1 amide bonds. The molecule has 0 spiro atoms. The first-order valence-electron chi connectivity index (χ1n) is 8.25. The minimum absolute atomic E-state index is 0. The van der Waals surface area contributed by atoms with E-state index in [1.807, 2.05) is 6.07 Å². The summed E-state index contributed by atoms with van der Waals surface area (Å²) in [6.45, 7) is 6.72. The molecule has 4 rings (SSSR count). The van der Waals surface area contributed by atoms with E-state index in [0.29, 0.717) is 5.56 Å². The van der Waals surface area contributed by atoms with Crippen molar-refractivity contribution in [3.05, 3.63) is 136 Å². The number of carbonyl (C=O) groups excluding carboxylic acids is 1. The minimum Gasteiger partial charge on any atom is -0.664 e. The number of hydrogen-bond acceptors (Lipinski definition) is 1. The van der Waals surface area contributed by atoms with Crippen molar-refractivity contribution in [1.82, 2.24) is 0 Å². The molecule has 0 unspecified atom stereocenters. The van der Waals surface area contributed by atoms with Crippen LogP contribution in [-0.4, -0.2) is 16.9 Å². The van der Waals surface area contributed by atoms with Gasteiger partial charge in [-0.15, -0.1) is 39.7 Å². The number of nitrogens with one attached hydrogen (secondary N) is 1. The summed E-state index contributed by atoms with van der Waals surface area (Å²) in [7, 11) is 0. The van der Waals surface area contributed by atoms with Crippen LogP contribution in [0.15, 0.2) is 110 Å². The number of amides is 1. The Hall–Kier alpha value is -2.59. The maximum absolute atomic E-state index is 10.3. The van der Waals surface area contributed by atoms with E-state index in [2.05, 4.69) is 67.8 Å². The first-order valence-corrected chi connectivity index (χ1v) is 8.25. The molecule has 0 aliphatic heterocycles. The summed E-state index contributed by atoms with van der Waals surface area (Å²) >= 11 is 0. The predicted molar refractivity (Wildman–Crippen MR) is 131 cm³/mol. The largest absolute Gasteiger partial charge is 4.00 e. The van der Waals surface area contributed by atoms with E-state index in [4.69, 9.17) is 5.73 Å². The van der Waals surface area contributed by atoms with Crippen molar-refractivity contribution in [3.8, 4) is 0 Å². The summed E-state index contributed by atoms with van der Waals surface area (Å²) < 4.78 is 0. The second kappa shape index (κ2) is 17.3. The number of fused-ring (bicyclic) bond motifs is 3. The van der Waals surface area contributed by atoms with Gasteiger partial charge in [-0.05, 0) is 5.56 Å². The molecule has 0 aliphatic rings. The smallest absolute Gasteiger partial charge is 0.664 e. The van der Waals surface area contributed by atoms with Crippen LogP contribution in [0.5, 0.6) is 0 Å². The van der Waals surface area contributed by atoms with Crippen LogP contribution in [0.4, 0.5) is 0 Å². The van der Waals surface area contributed by atoms with Crippen LogP contribution in [0.3, 0.4) is 0 Å².